The van der Waals surface area contributed by atoms with E-state index in [1.807, 2.05) is 0 Å². The van der Waals surface area contributed by atoms with E-state index >= 15 is 0 Å². The number of nitrogens with zero attached hydrogens (tertiary/aromatic N) is 1. The van der Waals surface area contributed by atoms with E-state index in [2.05, 4.69) is 4.98 Å². The van der Waals surface area contributed by atoms with E-state index in [9.17, 15) is 14.3 Å². The van der Waals surface area contributed by atoms with E-state index in [1.165, 1.54) is 6.07 Å². The van der Waals surface area contributed by atoms with Gasteiger partial charge in [0.25, 0.3) is 0 Å². The summed E-state index contributed by atoms with van der Waals surface area (Å²) < 4.78 is 13.5. The fourth-order valence-electron chi connectivity index (χ4n) is 2.03. The fourth-order valence-corrected chi connectivity index (χ4v) is 2.03. The topological polar surface area (TPSA) is 50.2 Å². The molecule has 1 atom stereocenters. The van der Waals surface area contributed by atoms with Gasteiger partial charge in [-0.15, -0.1) is 0 Å². The minimum Gasteiger partial charge on any atom is -0.481 e. The molecule has 0 aliphatic rings. The van der Waals surface area contributed by atoms with Crippen molar-refractivity contribution < 1.29 is 14.3 Å². The zero-order chi connectivity index (χ0) is 13.7. The van der Waals surface area contributed by atoms with Crippen molar-refractivity contribution in [1.82, 2.24) is 4.98 Å². The van der Waals surface area contributed by atoms with Gasteiger partial charge in [-0.2, -0.15) is 0 Å². The Morgan fingerprint density at radius 1 is 1.21 bits per heavy atom. The SMILES string of the molecule is O=C(O)C(CCc1ccccc1F)c1ccncc1. The van der Waals surface area contributed by atoms with Crippen molar-refractivity contribution in [1.29, 1.82) is 0 Å². The van der Waals surface area contributed by atoms with Gasteiger partial charge in [-0.25, -0.2) is 4.39 Å². The number of hydrogen-bond donors (Lipinski definition) is 1. The number of pyridine rings is 1. The molecule has 0 saturated carbocycles. The highest BCUT2D eigenvalue weighted by molar-refractivity contribution is 5.75. The van der Waals surface area contributed by atoms with E-state index in [0.717, 1.165) is 0 Å². The molecule has 1 aromatic heterocycles. The monoisotopic (exact) mass is 259 g/mol. The van der Waals surface area contributed by atoms with Crippen molar-refractivity contribution in [3.05, 3.63) is 65.7 Å². The number of carboxylic acid groups (broad SMARTS) is 1. The molecule has 1 unspecified atom stereocenters. The quantitative estimate of drug-likeness (QED) is 0.897. The Morgan fingerprint density at radius 3 is 2.53 bits per heavy atom. The molecule has 0 saturated heterocycles. The van der Waals surface area contributed by atoms with Crippen molar-refractivity contribution in [3.63, 3.8) is 0 Å². The van der Waals surface area contributed by atoms with Crippen LogP contribution < -0.4 is 0 Å². The molecule has 0 bridgehead atoms. The average molecular weight is 259 g/mol. The Kier molecular flexibility index (Phi) is 4.23. The molecule has 2 aromatic rings. The Morgan fingerprint density at radius 2 is 1.89 bits per heavy atom. The molecule has 0 radical (unpaired) electrons. The maximum Gasteiger partial charge on any atom is 0.310 e. The van der Waals surface area contributed by atoms with Gasteiger partial charge in [0.2, 0.25) is 0 Å². The highest BCUT2D eigenvalue weighted by atomic mass is 19.1. The van der Waals surface area contributed by atoms with E-state index in [1.54, 1.807) is 42.7 Å². The number of aryl methyl sites for hydroxylation is 1. The summed E-state index contributed by atoms with van der Waals surface area (Å²) in [6.45, 7) is 0. The van der Waals surface area contributed by atoms with Crippen molar-refractivity contribution in [2.45, 2.75) is 18.8 Å². The van der Waals surface area contributed by atoms with E-state index in [4.69, 9.17) is 0 Å². The Balaban J connectivity index is 2.11. The summed E-state index contributed by atoms with van der Waals surface area (Å²) >= 11 is 0. The lowest BCUT2D eigenvalue weighted by Crippen LogP contribution is -2.13. The lowest BCUT2D eigenvalue weighted by atomic mass is 9.93. The normalized spacial score (nSPS) is 12.1. The van der Waals surface area contributed by atoms with Crippen molar-refractivity contribution >= 4 is 5.97 Å². The molecule has 1 N–H and O–H groups in total. The molecule has 2 rings (SSSR count). The summed E-state index contributed by atoms with van der Waals surface area (Å²) in [7, 11) is 0. The van der Waals surface area contributed by atoms with Crippen LogP contribution in [0.2, 0.25) is 0 Å². The maximum absolute atomic E-state index is 13.5. The van der Waals surface area contributed by atoms with Crippen LogP contribution in [0.5, 0.6) is 0 Å². The largest absolute Gasteiger partial charge is 0.481 e. The first-order valence-corrected chi connectivity index (χ1v) is 6.04. The van der Waals surface area contributed by atoms with E-state index in [-0.39, 0.29) is 5.82 Å². The first-order chi connectivity index (χ1) is 9.18. The van der Waals surface area contributed by atoms with Gasteiger partial charge in [0.15, 0.2) is 0 Å². The van der Waals surface area contributed by atoms with Gasteiger partial charge in [0.05, 0.1) is 5.92 Å². The lowest BCUT2D eigenvalue weighted by molar-refractivity contribution is -0.138. The molecule has 1 heterocycles. The molecule has 98 valence electrons. The number of carbonyl (C=O) groups is 1. The third kappa shape index (κ3) is 3.37. The highest BCUT2D eigenvalue weighted by Crippen LogP contribution is 2.22. The second kappa shape index (κ2) is 6.09. The van der Waals surface area contributed by atoms with Gasteiger partial charge in [-0.05, 0) is 42.2 Å². The molecule has 0 aliphatic carbocycles. The number of rotatable bonds is 5. The summed E-state index contributed by atoms with van der Waals surface area (Å²) in [6.07, 6.45) is 3.88. The average Bonchev–Trinajstić information content (AvgIpc) is 2.42. The predicted octanol–water partition coefficient (Wildman–Crippen LogP) is 3.02. The minimum absolute atomic E-state index is 0.290. The summed E-state index contributed by atoms with van der Waals surface area (Å²) in [5, 5.41) is 9.26. The van der Waals surface area contributed by atoms with Crippen LogP contribution >= 0.6 is 0 Å². The van der Waals surface area contributed by atoms with Crippen LogP contribution in [0.1, 0.15) is 23.5 Å². The number of aromatic nitrogens is 1. The molecule has 4 heteroatoms. The summed E-state index contributed by atoms with van der Waals surface area (Å²) in [5.41, 5.74) is 1.24. The fraction of sp³-hybridized carbons (Fsp3) is 0.200. The second-order valence-electron chi connectivity index (χ2n) is 4.30. The van der Waals surface area contributed by atoms with Crippen LogP contribution in [0, 0.1) is 5.82 Å². The van der Waals surface area contributed by atoms with Crippen LogP contribution in [0.25, 0.3) is 0 Å². The molecule has 0 aliphatic heterocycles. The predicted molar refractivity (Wildman–Crippen MR) is 69.3 cm³/mol. The summed E-state index contributed by atoms with van der Waals surface area (Å²) in [4.78, 5) is 15.2. The van der Waals surface area contributed by atoms with Crippen molar-refractivity contribution in [2.75, 3.05) is 0 Å². The number of hydrogen-bond acceptors (Lipinski definition) is 2. The minimum atomic E-state index is -0.900. The summed E-state index contributed by atoms with van der Waals surface area (Å²) in [5.74, 6) is -1.83. The second-order valence-corrected chi connectivity index (χ2v) is 4.30. The number of benzene rings is 1. The van der Waals surface area contributed by atoms with E-state index < -0.39 is 11.9 Å². The van der Waals surface area contributed by atoms with Crippen LogP contribution in [0.4, 0.5) is 4.39 Å². The molecular formula is C15H14FNO2. The molecule has 3 nitrogen and oxygen atoms in total. The van der Waals surface area contributed by atoms with Gasteiger partial charge in [0, 0.05) is 12.4 Å². The Bertz CT molecular complexity index is 557. The van der Waals surface area contributed by atoms with Gasteiger partial charge < -0.3 is 5.11 Å². The van der Waals surface area contributed by atoms with Crippen molar-refractivity contribution in [2.24, 2.45) is 0 Å². The molecule has 1 aromatic carbocycles. The van der Waals surface area contributed by atoms with Crippen LogP contribution in [-0.2, 0) is 11.2 Å². The Labute approximate surface area is 110 Å². The molecule has 0 amide bonds. The number of halogens is 1. The molecule has 19 heavy (non-hydrogen) atoms. The standard InChI is InChI=1S/C15H14FNO2/c16-14-4-2-1-3-12(14)5-6-13(15(18)19)11-7-9-17-10-8-11/h1-4,7-10,13H,5-6H2,(H,18,19). The molecule has 0 spiro atoms. The first-order valence-electron chi connectivity index (χ1n) is 6.04. The maximum atomic E-state index is 13.5. The van der Waals surface area contributed by atoms with Crippen LogP contribution in [0.3, 0.4) is 0 Å². The van der Waals surface area contributed by atoms with Gasteiger partial charge in [0.1, 0.15) is 5.82 Å². The zero-order valence-corrected chi connectivity index (χ0v) is 10.3. The highest BCUT2D eigenvalue weighted by Gasteiger charge is 2.19. The first kappa shape index (κ1) is 13.2. The molecule has 0 fully saturated rings. The smallest absolute Gasteiger partial charge is 0.310 e. The van der Waals surface area contributed by atoms with Gasteiger partial charge in [-0.3, -0.25) is 9.78 Å². The molecular weight excluding hydrogens is 245 g/mol. The van der Waals surface area contributed by atoms with Crippen molar-refractivity contribution in [3.8, 4) is 0 Å². The van der Waals surface area contributed by atoms with E-state index in [0.29, 0.717) is 24.0 Å². The number of aliphatic carboxylic acids is 1. The zero-order valence-electron chi connectivity index (χ0n) is 10.3. The van der Waals surface area contributed by atoms with Crippen LogP contribution in [-0.4, -0.2) is 16.1 Å². The summed E-state index contributed by atoms with van der Waals surface area (Å²) in [6, 6.07) is 9.80. The lowest BCUT2D eigenvalue weighted by Gasteiger charge is -2.12. The van der Waals surface area contributed by atoms with Gasteiger partial charge in [-0.1, -0.05) is 18.2 Å². The third-order valence-corrected chi connectivity index (χ3v) is 3.07. The third-order valence-electron chi connectivity index (χ3n) is 3.07. The number of carboxylic acids is 1. The van der Waals surface area contributed by atoms with Gasteiger partial charge >= 0.3 is 5.97 Å². The Hall–Kier alpha value is -2.23. The van der Waals surface area contributed by atoms with Crippen LogP contribution in [0.15, 0.2) is 48.8 Å².